The molecule has 0 radical (unpaired) electrons. The second kappa shape index (κ2) is 3.71. The number of imidazole rings is 1. The zero-order valence-corrected chi connectivity index (χ0v) is 8.19. The summed E-state index contributed by atoms with van der Waals surface area (Å²) >= 11 is 0. The molecule has 0 fully saturated rings. The van der Waals surface area contributed by atoms with E-state index in [1.54, 1.807) is 6.20 Å². The molecule has 5 heteroatoms. The maximum atomic E-state index is 5.42. The third-order valence-corrected chi connectivity index (χ3v) is 1.76. The first-order valence-electron chi connectivity index (χ1n) is 4.52. The molecule has 0 spiro atoms. The van der Waals surface area contributed by atoms with Crippen molar-refractivity contribution in [3.8, 4) is 0 Å². The highest BCUT2D eigenvalue weighted by Crippen LogP contribution is 2.07. The molecule has 0 aliphatic heterocycles. The van der Waals surface area contributed by atoms with Crippen molar-refractivity contribution >= 4 is 11.2 Å². The van der Waals surface area contributed by atoms with Gasteiger partial charge in [0.1, 0.15) is 24.3 Å². The normalized spacial score (nSPS) is 11.4. The van der Waals surface area contributed by atoms with Crippen LogP contribution >= 0.6 is 0 Å². The molecule has 0 amide bonds. The van der Waals surface area contributed by atoms with E-state index in [1.807, 2.05) is 13.8 Å². The summed E-state index contributed by atoms with van der Waals surface area (Å²) in [5.74, 6) is 0.786. The van der Waals surface area contributed by atoms with Gasteiger partial charge in [0, 0.05) is 0 Å². The Morgan fingerprint density at radius 1 is 1.50 bits per heavy atom. The van der Waals surface area contributed by atoms with Gasteiger partial charge in [-0.15, -0.1) is 0 Å². The Morgan fingerprint density at radius 3 is 3.07 bits per heavy atom. The number of hydrogen-bond acceptors (Lipinski definition) is 4. The minimum absolute atomic E-state index is 0.203. The number of rotatable bonds is 3. The van der Waals surface area contributed by atoms with Gasteiger partial charge in [-0.25, -0.2) is 15.0 Å². The fourth-order valence-electron chi connectivity index (χ4n) is 1.13. The largest absolute Gasteiger partial charge is 0.371 e. The molecule has 74 valence electrons. The molecule has 0 aliphatic carbocycles. The summed E-state index contributed by atoms with van der Waals surface area (Å²) in [5, 5.41) is 0. The monoisotopic (exact) mass is 192 g/mol. The maximum absolute atomic E-state index is 5.42. The number of aromatic amines is 1. The van der Waals surface area contributed by atoms with Gasteiger partial charge in [0.2, 0.25) is 0 Å². The Balaban J connectivity index is 2.19. The van der Waals surface area contributed by atoms with Crippen LogP contribution in [0.5, 0.6) is 0 Å². The van der Waals surface area contributed by atoms with Crippen molar-refractivity contribution in [1.82, 2.24) is 19.9 Å². The Bertz CT molecular complexity index is 390. The molecule has 2 heterocycles. The van der Waals surface area contributed by atoms with Gasteiger partial charge in [-0.05, 0) is 13.8 Å². The Labute approximate surface area is 81.6 Å². The van der Waals surface area contributed by atoms with Gasteiger partial charge in [0.05, 0.1) is 12.3 Å². The zero-order chi connectivity index (χ0) is 9.97. The molecule has 2 aromatic rings. The minimum Gasteiger partial charge on any atom is -0.371 e. The molecule has 2 rings (SSSR count). The van der Waals surface area contributed by atoms with Crippen LogP contribution < -0.4 is 0 Å². The molecule has 14 heavy (non-hydrogen) atoms. The van der Waals surface area contributed by atoms with Crippen LogP contribution in [0, 0.1) is 0 Å². The summed E-state index contributed by atoms with van der Waals surface area (Å²) < 4.78 is 5.42. The van der Waals surface area contributed by atoms with Crippen LogP contribution in [-0.4, -0.2) is 26.0 Å². The van der Waals surface area contributed by atoms with Gasteiger partial charge in [-0.2, -0.15) is 0 Å². The zero-order valence-electron chi connectivity index (χ0n) is 8.19. The third-order valence-electron chi connectivity index (χ3n) is 1.76. The van der Waals surface area contributed by atoms with Gasteiger partial charge in [0.25, 0.3) is 0 Å². The van der Waals surface area contributed by atoms with Crippen LogP contribution in [0.2, 0.25) is 0 Å². The van der Waals surface area contributed by atoms with Crippen molar-refractivity contribution < 1.29 is 4.74 Å². The highest BCUT2D eigenvalue weighted by Gasteiger charge is 2.03. The average Bonchev–Trinajstić information content (AvgIpc) is 2.57. The molecule has 5 nitrogen and oxygen atoms in total. The smallest absolute Gasteiger partial charge is 0.180 e. The van der Waals surface area contributed by atoms with E-state index in [1.165, 1.54) is 6.33 Å². The predicted octanol–water partition coefficient (Wildman–Crippen LogP) is 1.28. The Kier molecular flexibility index (Phi) is 2.41. The second-order valence-corrected chi connectivity index (χ2v) is 3.30. The first kappa shape index (κ1) is 9.08. The first-order chi connectivity index (χ1) is 6.75. The number of aromatic nitrogens is 4. The molecular formula is C9H12N4O. The standard InChI is InChI=1S/C9H12N4O/c1-6(2)14-4-8-12-7-3-10-5-11-9(7)13-8/h3,5-6H,4H2,1-2H3,(H,10,11,12,13). The Morgan fingerprint density at radius 2 is 2.36 bits per heavy atom. The van der Waals surface area contributed by atoms with E-state index >= 15 is 0 Å². The summed E-state index contributed by atoms with van der Waals surface area (Å²) in [6, 6.07) is 0. The van der Waals surface area contributed by atoms with Crippen molar-refractivity contribution in [3.05, 3.63) is 18.3 Å². The van der Waals surface area contributed by atoms with Crippen LogP contribution in [0.25, 0.3) is 11.2 Å². The number of hydrogen-bond donors (Lipinski definition) is 1. The highest BCUT2D eigenvalue weighted by atomic mass is 16.5. The van der Waals surface area contributed by atoms with Crippen LogP contribution in [0.1, 0.15) is 19.7 Å². The lowest BCUT2D eigenvalue weighted by molar-refractivity contribution is 0.0618. The third kappa shape index (κ3) is 1.88. The van der Waals surface area contributed by atoms with Crippen LogP contribution in [0.3, 0.4) is 0 Å². The quantitative estimate of drug-likeness (QED) is 0.795. The molecule has 0 atom stereocenters. The number of nitrogens with one attached hydrogen (secondary N) is 1. The van der Waals surface area contributed by atoms with E-state index in [0.29, 0.717) is 12.3 Å². The highest BCUT2D eigenvalue weighted by molar-refractivity contribution is 5.68. The fourth-order valence-corrected chi connectivity index (χ4v) is 1.13. The summed E-state index contributed by atoms with van der Waals surface area (Å²) in [6.07, 6.45) is 3.39. The molecular weight excluding hydrogens is 180 g/mol. The molecule has 2 aromatic heterocycles. The van der Waals surface area contributed by atoms with Gasteiger partial charge in [-0.1, -0.05) is 0 Å². The first-order valence-corrected chi connectivity index (χ1v) is 4.52. The van der Waals surface area contributed by atoms with E-state index in [-0.39, 0.29) is 6.10 Å². The van der Waals surface area contributed by atoms with E-state index in [0.717, 1.165) is 11.3 Å². The molecule has 0 saturated carbocycles. The average molecular weight is 192 g/mol. The van der Waals surface area contributed by atoms with Crippen LogP contribution in [0.4, 0.5) is 0 Å². The Hall–Kier alpha value is -1.49. The number of fused-ring (bicyclic) bond motifs is 1. The van der Waals surface area contributed by atoms with Gasteiger partial charge in [-0.3, -0.25) is 0 Å². The van der Waals surface area contributed by atoms with E-state index < -0.39 is 0 Å². The van der Waals surface area contributed by atoms with E-state index in [9.17, 15) is 0 Å². The lowest BCUT2D eigenvalue weighted by Crippen LogP contribution is -2.03. The fraction of sp³-hybridized carbons (Fsp3) is 0.444. The van der Waals surface area contributed by atoms with E-state index in [4.69, 9.17) is 4.74 Å². The summed E-state index contributed by atoms with van der Waals surface area (Å²) in [5.41, 5.74) is 1.53. The molecule has 0 unspecified atom stereocenters. The molecule has 0 saturated heterocycles. The lowest BCUT2D eigenvalue weighted by Gasteiger charge is -2.03. The summed E-state index contributed by atoms with van der Waals surface area (Å²) in [6.45, 7) is 4.46. The van der Waals surface area contributed by atoms with Crippen molar-refractivity contribution in [2.75, 3.05) is 0 Å². The van der Waals surface area contributed by atoms with Crippen molar-refractivity contribution in [3.63, 3.8) is 0 Å². The van der Waals surface area contributed by atoms with Gasteiger partial charge in [0.15, 0.2) is 5.65 Å². The van der Waals surface area contributed by atoms with Crippen molar-refractivity contribution in [2.24, 2.45) is 0 Å². The molecule has 0 aliphatic rings. The summed E-state index contributed by atoms with van der Waals surface area (Å²) in [4.78, 5) is 15.3. The number of ether oxygens (including phenoxy) is 1. The molecule has 1 N–H and O–H groups in total. The van der Waals surface area contributed by atoms with Crippen LogP contribution in [0.15, 0.2) is 12.5 Å². The van der Waals surface area contributed by atoms with Gasteiger partial charge >= 0.3 is 0 Å². The van der Waals surface area contributed by atoms with Crippen LogP contribution in [-0.2, 0) is 11.3 Å². The lowest BCUT2D eigenvalue weighted by atomic mass is 10.5. The summed E-state index contributed by atoms with van der Waals surface area (Å²) in [7, 11) is 0. The van der Waals surface area contributed by atoms with Crippen molar-refractivity contribution in [1.29, 1.82) is 0 Å². The topological polar surface area (TPSA) is 63.7 Å². The van der Waals surface area contributed by atoms with E-state index in [2.05, 4.69) is 19.9 Å². The van der Waals surface area contributed by atoms with Gasteiger partial charge < -0.3 is 9.72 Å². The molecule has 0 bridgehead atoms. The number of nitrogens with zero attached hydrogens (tertiary/aromatic N) is 3. The maximum Gasteiger partial charge on any atom is 0.180 e. The number of H-pyrrole nitrogens is 1. The van der Waals surface area contributed by atoms with Crippen molar-refractivity contribution in [2.45, 2.75) is 26.6 Å². The molecule has 0 aromatic carbocycles. The minimum atomic E-state index is 0.203. The second-order valence-electron chi connectivity index (χ2n) is 3.30. The predicted molar refractivity (Wildman–Crippen MR) is 51.6 cm³/mol. The SMILES string of the molecule is CC(C)OCc1nc2ncncc2[nH]1.